The normalized spacial score (nSPS) is 51.0. The van der Waals surface area contributed by atoms with Crippen molar-refractivity contribution in [1.29, 1.82) is 0 Å². The Balaban J connectivity index is 1.32. The van der Waals surface area contributed by atoms with Crippen LogP contribution in [0, 0.1) is 40.4 Å². The quantitative estimate of drug-likeness (QED) is 0.584. The Morgan fingerprint density at radius 3 is 2.60 bits per heavy atom. The second-order valence-corrected chi connectivity index (χ2v) is 11.7. The molecular formula is C26H40O4. The van der Waals surface area contributed by atoms with Gasteiger partial charge < -0.3 is 9.47 Å². The van der Waals surface area contributed by atoms with Crippen LogP contribution in [0.5, 0.6) is 0 Å². The molecule has 1 saturated heterocycles. The van der Waals surface area contributed by atoms with Crippen molar-refractivity contribution in [3.05, 3.63) is 0 Å². The zero-order chi connectivity index (χ0) is 21.1. The van der Waals surface area contributed by atoms with Crippen molar-refractivity contribution < 1.29 is 19.1 Å². The van der Waals surface area contributed by atoms with Gasteiger partial charge in [-0.2, -0.15) is 0 Å². The molecule has 1 heterocycles. The van der Waals surface area contributed by atoms with E-state index in [2.05, 4.69) is 13.8 Å². The van der Waals surface area contributed by atoms with E-state index in [1.807, 2.05) is 0 Å². The molecule has 30 heavy (non-hydrogen) atoms. The summed E-state index contributed by atoms with van der Waals surface area (Å²) in [6, 6.07) is 0. The first-order valence-electron chi connectivity index (χ1n) is 12.6. The fourth-order valence-corrected chi connectivity index (χ4v) is 8.86. The summed E-state index contributed by atoms with van der Waals surface area (Å²) >= 11 is 0. The molecule has 9 atom stereocenters. The van der Waals surface area contributed by atoms with Gasteiger partial charge in [0.1, 0.15) is 11.6 Å². The van der Waals surface area contributed by atoms with Crippen molar-refractivity contribution in [1.82, 2.24) is 0 Å². The first-order chi connectivity index (χ1) is 14.3. The summed E-state index contributed by atoms with van der Waals surface area (Å²) in [5, 5.41) is 0. The lowest BCUT2D eigenvalue weighted by atomic mass is 9.44. The Hall–Kier alpha value is -0.740. The molecular weight excluding hydrogens is 376 g/mol. The van der Waals surface area contributed by atoms with Gasteiger partial charge in [0, 0.05) is 24.9 Å². The molecule has 5 rings (SSSR count). The average molecular weight is 417 g/mol. The Morgan fingerprint density at radius 2 is 1.87 bits per heavy atom. The highest BCUT2D eigenvalue weighted by Crippen LogP contribution is 2.66. The molecule has 1 aliphatic heterocycles. The summed E-state index contributed by atoms with van der Waals surface area (Å²) in [4.78, 5) is 26.0. The largest absolute Gasteiger partial charge is 0.353 e. The minimum absolute atomic E-state index is 0.0107. The lowest BCUT2D eigenvalue weighted by Gasteiger charge is -2.60. The van der Waals surface area contributed by atoms with Gasteiger partial charge in [0.25, 0.3) is 0 Å². The Kier molecular flexibility index (Phi) is 5.41. The fraction of sp³-hybridized carbons (Fsp3) is 0.923. The van der Waals surface area contributed by atoms with Crippen LogP contribution < -0.4 is 0 Å². The maximum Gasteiger partial charge on any atom is 0.157 e. The molecule has 5 aliphatic rings. The van der Waals surface area contributed by atoms with E-state index < -0.39 is 0 Å². The minimum atomic E-state index is -0.0914. The number of fused-ring (bicyclic) bond motifs is 5. The molecule has 0 bridgehead atoms. The van der Waals surface area contributed by atoms with Crippen LogP contribution in [0.15, 0.2) is 0 Å². The monoisotopic (exact) mass is 416 g/mol. The van der Waals surface area contributed by atoms with Crippen LogP contribution in [0.25, 0.3) is 0 Å². The van der Waals surface area contributed by atoms with Gasteiger partial charge in [-0.15, -0.1) is 0 Å². The predicted octanol–water partition coefficient (Wildman–Crippen LogP) is 5.33. The molecule has 1 unspecified atom stereocenters. The zero-order valence-corrected chi connectivity index (χ0v) is 19.2. The molecule has 5 fully saturated rings. The smallest absolute Gasteiger partial charge is 0.157 e. The van der Waals surface area contributed by atoms with Crippen molar-refractivity contribution in [2.75, 3.05) is 6.61 Å². The van der Waals surface area contributed by atoms with Crippen LogP contribution in [0.1, 0.15) is 91.4 Å². The van der Waals surface area contributed by atoms with Gasteiger partial charge in [-0.3, -0.25) is 9.59 Å². The maximum absolute atomic E-state index is 13.6. The standard InChI is InChI=1S/C26H40O4/c1-16(27)20-9-10-21-19-8-7-17-14-18(30-23-6-4-5-13-29-23)11-12-25(17,2)24(19)22(28)15-26(20,21)3/h17-21,23-24H,4-15H2,1-3H3/t17-,18+,19-,20+,21-,23?,24+,25-,26+/m0/s1. The molecule has 0 N–H and O–H groups in total. The van der Waals surface area contributed by atoms with Gasteiger partial charge in [0.05, 0.1) is 6.10 Å². The molecule has 0 aromatic rings. The first kappa shape index (κ1) is 21.1. The van der Waals surface area contributed by atoms with E-state index in [4.69, 9.17) is 9.47 Å². The summed E-state index contributed by atoms with van der Waals surface area (Å²) in [6.07, 6.45) is 12.0. The first-order valence-corrected chi connectivity index (χ1v) is 12.6. The van der Waals surface area contributed by atoms with Crippen molar-refractivity contribution in [3.63, 3.8) is 0 Å². The van der Waals surface area contributed by atoms with Crippen molar-refractivity contribution in [2.45, 2.75) is 104 Å². The third-order valence-corrected chi connectivity index (χ3v) is 10.3. The topological polar surface area (TPSA) is 52.6 Å². The van der Waals surface area contributed by atoms with Gasteiger partial charge in [-0.25, -0.2) is 0 Å². The Labute approximate surface area is 181 Å². The highest BCUT2D eigenvalue weighted by Gasteiger charge is 2.63. The number of Topliss-reactive ketones (excluding diaryl/α,β-unsaturated/α-hetero) is 2. The van der Waals surface area contributed by atoms with E-state index in [0.29, 0.717) is 41.8 Å². The van der Waals surface area contributed by atoms with Gasteiger partial charge in [0.15, 0.2) is 6.29 Å². The third-order valence-electron chi connectivity index (χ3n) is 10.3. The molecule has 4 aliphatic carbocycles. The molecule has 168 valence electrons. The van der Waals surface area contributed by atoms with Gasteiger partial charge in [-0.1, -0.05) is 13.8 Å². The lowest BCUT2D eigenvalue weighted by Crippen LogP contribution is -2.58. The number of hydrogen-bond acceptors (Lipinski definition) is 4. The van der Waals surface area contributed by atoms with Crippen LogP contribution in [0.2, 0.25) is 0 Å². The molecule has 0 amide bonds. The van der Waals surface area contributed by atoms with E-state index in [-0.39, 0.29) is 29.0 Å². The van der Waals surface area contributed by atoms with Crippen molar-refractivity contribution in [2.24, 2.45) is 40.4 Å². The maximum atomic E-state index is 13.6. The van der Waals surface area contributed by atoms with Crippen LogP contribution in [0.3, 0.4) is 0 Å². The van der Waals surface area contributed by atoms with E-state index in [1.165, 1.54) is 12.8 Å². The lowest BCUT2D eigenvalue weighted by molar-refractivity contribution is -0.211. The van der Waals surface area contributed by atoms with Crippen LogP contribution in [-0.4, -0.2) is 30.6 Å². The molecule has 4 saturated carbocycles. The highest BCUT2D eigenvalue weighted by atomic mass is 16.7. The van der Waals surface area contributed by atoms with Gasteiger partial charge in [0.2, 0.25) is 0 Å². The SMILES string of the molecule is CC(=O)[C@H]1CC[C@H]2[C@@H]3CC[C@H]4C[C@H](OC5CCCCO5)CC[C@]4(C)[C@H]3C(=O)C[C@]12C. The van der Waals surface area contributed by atoms with Gasteiger partial charge >= 0.3 is 0 Å². The molecule has 4 heteroatoms. The fourth-order valence-electron chi connectivity index (χ4n) is 8.86. The number of ketones is 2. The van der Waals surface area contributed by atoms with Gasteiger partial charge in [-0.05, 0) is 99.7 Å². The predicted molar refractivity (Wildman–Crippen MR) is 115 cm³/mol. The average Bonchev–Trinajstić information content (AvgIpc) is 3.05. The van der Waals surface area contributed by atoms with E-state index >= 15 is 0 Å². The molecule has 4 nitrogen and oxygen atoms in total. The summed E-state index contributed by atoms with van der Waals surface area (Å²) < 4.78 is 12.2. The van der Waals surface area contributed by atoms with Crippen LogP contribution in [0.4, 0.5) is 0 Å². The molecule has 0 radical (unpaired) electrons. The molecule has 0 spiro atoms. The van der Waals surface area contributed by atoms with E-state index in [9.17, 15) is 9.59 Å². The van der Waals surface area contributed by atoms with Crippen LogP contribution in [-0.2, 0) is 19.1 Å². The number of hydrogen-bond donors (Lipinski definition) is 0. The number of rotatable bonds is 3. The highest BCUT2D eigenvalue weighted by molar-refractivity contribution is 5.87. The number of ether oxygens (including phenoxy) is 2. The third kappa shape index (κ3) is 3.23. The van der Waals surface area contributed by atoms with E-state index in [1.54, 1.807) is 6.92 Å². The second kappa shape index (κ2) is 7.69. The Morgan fingerprint density at radius 1 is 1.03 bits per heavy atom. The number of carbonyl (C=O) groups is 2. The molecule has 0 aromatic carbocycles. The zero-order valence-electron chi connectivity index (χ0n) is 19.2. The van der Waals surface area contributed by atoms with Crippen LogP contribution >= 0.6 is 0 Å². The Bertz CT molecular complexity index is 697. The summed E-state index contributed by atoms with van der Waals surface area (Å²) in [6.45, 7) is 7.25. The van der Waals surface area contributed by atoms with E-state index in [0.717, 1.165) is 58.0 Å². The number of carbonyl (C=O) groups excluding carboxylic acids is 2. The minimum Gasteiger partial charge on any atom is -0.353 e. The summed E-state index contributed by atoms with van der Waals surface area (Å²) in [5.41, 5.74) is 0.0227. The van der Waals surface area contributed by atoms with Crippen molar-refractivity contribution >= 4 is 11.6 Å². The second-order valence-electron chi connectivity index (χ2n) is 11.7. The summed E-state index contributed by atoms with van der Waals surface area (Å²) in [7, 11) is 0. The molecule has 0 aromatic heterocycles. The summed E-state index contributed by atoms with van der Waals surface area (Å²) in [5.74, 6) is 2.68. The van der Waals surface area contributed by atoms with Crippen molar-refractivity contribution in [3.8, 4) is 0 Å².